The Balaban J connectivity index is 2.18. The van der Waals surface area contributed by atoms with Gasteiger partial charge in [0.05, 0.1) is 5.69 Å². The first-order valence-electron chi connectivity index (χ1n) is 4.60. The minimum absolute atomic E-state index is 0.198. The van der Waals surface area contributed by atoms with Gasteiger partial charge >= 0.3 is 0 Å². The van der Waals surface area contributed by atoms with Crippen LogP contribution in [0.1, 0.15) is 31.1 Å². The van der Waals surface area contributed by atoms with Gasteiger partial charge in [-0.1, -0.05) is 0 Å². The van der Waals surface area contributed by atoms with Crippen LogP contribution in [0.4, 0.5) is 0 Å². The van der Waals surface area contributed by atoms with Crippen molar-refractivity contribution in [2.75, 3.05) is 6.61 Å². The third kappa shape index (κ3) is 2.09. The van der Waals surface area contributed by atoms with Crippen molar-refractivity contribution in [1.82, 2.24) is 4.98 Å². The maximum Gasteiger partial charge on any atom is 0.101 e. The van der Waals surface area contributed by atoms with Crippen LogP contribution in [0, 0.1) is 0 Å². The summed E-state index contributed by atoms with van der Waals surface area (Å²) in [5.74, 6) is 0. The number of pyridine rings is 1. The monoisotopic (exact) mass is 241 g/mol. The molecule has 2 rings (SSSR count). The van der Waals surface area contributed by atoms with Crippen LogP contribution in [0.5, 0.6) is 0 Å². The van der Waals surface area contributed by atoms with E-state index in [1.807, 2.05) is 18.3 Å². The van der Waals surface area contributed by atoms with Crippen LogP contribution in [0.2, 0.25) is 0 Å². The van der Waals surface area contributed by atoms with Gasteiger partial charge in [-0.25, -0.2) is 0 Å². The Hall–Kier alpha value is -0.410. The summed E-state index contributed by atoms with van der Waals surface area (Å²) in [7, 11) is 0. The lowest BCUT2D eigenvalue weighted by atomic mass is 10.1. The lowest BCUT2D eigenvalue weighted by molar-refractivity contribution is 0.0118. The molecule has 3 heteroatoms. The van der Waals surface area contributed by atoms with Gasteiger partial charge in [-0.2, -0.15) is 0 Å². The second-order valence-electron chi connectivity index (χ2n) is 3.23. The Labute approximate surface area is 86.5 Å². The lowest BCUT2D eigenvalue weighted by Gasteiger charge is -2.22. The van der Waals surface area contributed by atoms with E-state index in [1.54, 1.807) is 0 Å². The van der Waals surface area contributed by atoms with Crippen molar-refractivity contribution in [1.29, 1.82) is 0 Å². The summed E-state index contributed by atoms with van der Waals surface area (Å²) in [6, 6.07) is 3.94. The van der Waals surface area contributed by atoms with E-state index in [-0.39, 0.29) is 6.10 Å². The Morgan fingerprint density at radius 2 is 2.38 bits per heavy atom. The van der Waals surface area contributed by atoms with E-state index in [4.69, 9.17) is 4.74 Å². The average molecular weight is 242 g/mol. The van der Waals surface area contributed by atoms with Crippen molar-refractivity contribution in [3.05, 3.63) is 28.5 Å². The van der Waals surface area contributed by atoms with Crippen LogP contribution < -0.4 is 0 Å². The van der Waals surface area contributed by atoms with E-state index in [9.17, 15) is 0 Å². The van der Waals surface area contributed by atoms with Crippen molar-refractivity contribution in [2.45, 2.75) is 25.4 Å². The van der Waals surface area contributed by atoms with Crippen molar-refractivity contribution >= 4 is 15.9 Å². The highest BCUT2D eigenvalue weighted by atomic mass is 79.9. The number of aromatic nitrogens is 1. The predicted octanol–water partition coefficient (Wildman–Crippen LogP) is 3.09. The molecule has 0 N–H and O–H groups in total. The van der Waals surface area contributed by atoms with Gasteiger partial charge in [0.2, 0.25) is 0 Å². The summed E-state index contributed by atoms with van der Waals surface area (Å²) < 4.78 is 6.71. The first kappa shape index (κ1) is 9.16. The molecule has 1 aliphatic heterocycles. The van der Waals surface area contributed by atoms with Gasteiger partial charge in [0.25, 0.3) is 0 Å². The molecule has 0 spiro atoms. The minimum atomic E-state index is 0.198. The molecule has 1 aromatic heterocycles. The van der Waals surface area contributed by atoms with Crippen LogP contribution >= 0.6 is 15.9 Å². The van der Waals surface area contributed by atoms with Crippen LogP contribution in [0.25, 0.3) is 0 Å². The number of halogens is 1. The third-order valence-corrected chi connectivity index (χ3v) is 2.94. The van der Waals surface area contributed by atoms with E-state index < -0.39 is 0 Å². The van der Waals surface area contributed by atoms with Crippen molar-refractivity contribution in [3.8, 4) is 0 Å². The molecule has 0 radical (unpaired) electrons. The summed E-state index contributed by atoms with van der Waals surface area (Å²) in [4.78, 5) is 4.33. The van der Waals surface area contributed by atoms with E-state index in [1.165, 1.54) is 12.8 Å². The maximum atomic E-state index is 5.65. The highest BCUT2D eigenvalue weighted by molar-refractivity contribution is 9.10. The zero-order chi connectivity index (χ0) is 9.10. The highest BCUT2D eigenvalue weighted by Crippen LogP contribution is 2.30. The standard InChI is InChI=1S/C10H12BrNO/c11-8-4-3-6-12-10(8)9-5-1-2-7-13-9/h3-4,6,9H,1-2,5,7H2. The zero-order valence-corrected chi connectivity index (χ0v) is 8.96. The van der Waals surface area contributed by atoms with Crippen LogP contribution in [-0.2, 0) is 4.74 Å². The van der Waals surface area contributed by atoms with E-state index in [0.29, 0.717) is 0 Å². The third-order valence-electron chi connectivity index (χ3n) is 2.27. The van der Waals surface area contributed by atoms with Crippen LogP contribution in [0.3, 0.4) is 0 Å². The zero-order valence-electron chi connectivity index (χ0n) is 7.37. The first-order valence-corrected chi connectivity index (χ1v) is 5.39. The van der Waals surface area contributed by atoms with Gasteiger partial charge in [-0.3, -0.25) is 4.98 Å². The molecule has 1 atom stereocenters. The number of hydrogen-bond donors (Lipinski definition) is 0. The second kappa shape index (κ2) is 4.20. The largest absolute Gasteiger partial charge is 0.372 e. The van der Waals surface area contributed by atoms with Gasteiger partial charge in [-0.05, 0) is 47.3 Å². The van der Waals surface area contributed by atoms with Crippen LogP contribution in [-0.4, -0.2) is 11.6 Å². The molecule has 1 saturated heterocycles. The lowest BCUT2D eigenvalue weighted by Crippen LogP contribution is -2.13. The minimum Gasteiger partial charge on any atom is -0.372 e. The predicted molar refractivity (Wildman–Crippen MR) is 54.5 cm³/mol. The van der Waals surface area contributed by atoms with Gasteiger partial charge in [0.15, 0.2) is 0 Å². The fraction of sp³-hybridized carbons (Fsp3) is 0.500. The number of hydrogen-bond acceptors (Lipinski definition) is 2. The molecule has 1 unspecified atom stereocenters. The molecule has 0 amide bonds. The quantitative estimate of drug-likeness (QED) is 0.754. The molecule has 0 aliphatic carbocycles. The fourth-order valence-corrected chi connectivity index (χ4v) is 2.10. The SMILES string of the molecule is Brc1cccnc1C1CCCCO1. The molecule has 13 heavy (non-hydrogen) atoms. The molecule has 1 aromatic rings. The van der Waals surface area contributed by atoms with Gasteiger partial charge in [0, 0.05) is 17.3 Å². The molecule has 0 saturated carbocycles. The van der Waals surface area contributed by atoms with E-state index >= 15 is 0 Å². The van der Waals surface area contributed by atoms with Gasteiger partial charge in [0.1, 0.15) is 6.10 Å². The van der Waals surface area contributed by atoms with Crippen molar-refractivity contribution in [2.24, 2.45) is 0 Å². The summed E-state index contributed by atoms with van der Waals surface area (Å²) in [6.45, 7) is 0.869. The molecule has 2 nitrogen and oxygen atoms in total. The first-order chi connectivity index (χ1) is 6.38. The number of nitrogens with zero attached hydrogens (tertiary/aromatic N) is 1. The maximum absolute atomic E-state index is 5.65. The Bertz CT molecular complexity index is 284. The molecule has 1 aliphatic rings. The van der Waals surface area contributed by atoms with Gasteiger partial charge < -0.3 is 4.74 Å². The molecular weight excluding hydrogens is 230 g/mol. The molecule has 0 aromatic carbocycles. The summed E-state index contributed by atoms with van der Waals surface area (Å²) in [6.07, 6.45) is 5.53. The average Bonchev–Trinajstić information content (AvgIpc) is 2.20. The fourth-order valence-electron chi connectivity index (χ4n) is 1.59. The van der Waals surface area contributed by atoms with Gasteiger partial charge in [-0.15, -0.1) is 0 Å². The smallest absolute Gasteiger partial charge is 0.101 e. The molecule has 2 heterocycles. The number of rotatable bonds is 1. The topological polar surface area (TPSA) is 22.1 Å². The molecule has 70 valence electrons. The van der Waals surface area contributed by atoms with Crippen molar-refractivity contribution < 1.29 is 4.74 Å². The summed E-state index contributed by atoms with van der Waals surface area (Å²) >= 11 is 3.49. The second-order valence-corrected chi connectivity index (χ2v) is 4.08. The highest BCUT2D eigenvalue weighted by Gasteiger charge is 2.18. The van der Waals surface area contributed by atoms with E-state index in [0.717, 1.165) is 23.2 Å². The number of ether oxygens (including phenoxy) is 1. The molecular formula is C10H12BrNO. The summed E-state index contributed by atoms with van der Waals surface area (Å²) in [5, 5.41) is 0. The van der Waals surface area contributed by atoms with Crippen molar-refractivity contribution in [3.63, 3.8) is 0 Å². The summed E-state index contributed by atoms with van der Waals surface area (Å²) in [5.41, 5.74) is 1.04. The Morgan fingerprint density at radius 3 is 3.08 bits per heavy atom. The molecule has 0 bridgehead atoms. The molecule has 1 fully saturated rings. The Kier molecular flexibility index (Phi) is 2.96. The Morgan fingerprint density at radius 1 is 1.46 bits per heavy atom. The van der Waals surface area contributed by atoms with E-state index in [2.05, 4.69) is 20.9 Å². The normalized spacial score (nSPS) is 23.0. The van der Waals surface area contributed by atoms with Crippen LogP contribution in [0.15, 0.2) is 22.8 Å².